The number of hydrogen-bond acceptors (Lipinski definition) is 5. The van der Waals surface area contributed by atoms with Gasteiger partial charge in [-0.05, 0) is 45.4 Å². The number of carbonyl (C=O) groups is 2. The molecule has 1 aromatic heterocycles. The summed E-state index contributed by atoms with van der Waals surface area (Å²) in [5.74, 6) is 1.69. The maximum absolute atomic E-state index is 12.7. The highest BCUT2D eigenvalue weighted by Crippen LogP contribution is 2.30. The normalized spacial score (nSPS) is 24.4. The van der Waals surface area contributed by atoms with E-state index in [2.05, 4.69) is 4.98 Å². The molecule has 0 saturated carbocycles. The number of amides is 2. The molecular weight excluding hydrogens is 346 g/mol. The third-order valence-electron chi connectivity index (χ3n) is 6.09. The third-order valence-corrected chi connectivity index (χ3v) is 6.09. The maximum atomic E-state index is 12.7. The topological polar surface area (TPSA) is 75.9 Å². The molecule has 3 aliphatic rings. The van der Waals surface area contributed by atoms with E-state index in [9.17, 15) is 9.59 Å². The van der Waals surface area contributed by atoms with Crippen LogP contribution in [0.2, 0.25) is 0 Å². The van der Waals surface area contributed by atoms with E-state index in [-0.39, 0.29) is 23.7 Å². The summed E-state index contributed by atoms with van der Waals surface area (Å²) in [5.41, 5.74) is 0.466. The average molecular weight is 375 g/mol. The molecule has 0 bridgehead atoms. The van der Waals surface area contributed by atoms with E-state index in [1.54, 1.807) is 0 Å². The Bertz CT molecular complexity index is 681. The molecule has 1 atom stereocenters. The van der Waals surface area contributed by atoms with Crippen LogP contribution >= 0.6 is 0 Å². The molecule has 0 aliphatic carbocycles. The zero-order chi connectivity index (χ0) is 18.8. The minimum atomic E-state index is -0.00366. The molecule has 1 aromatic rings. The van der Waals surface area contributed by atoms with Crippen molar-refractivity contribution >= 4 is 11.8 Å². The van der Waals surface area contributed by atoms with E-state index in [1.165, 1.54) is 6.42 Å². The minimum absolute atomic E-state index is 0.00366. The Hall–Kier alpha value is -1.89. The molecule has 3 fully saturated rings. The lowest BCUT2D eigenvalue weighted by atomic mass is 9.95. The molecule has 4 rings (SSSR count). The van der Waals surface area contributed by atoms with Gasteiger partial charge >= 0.3 is 0 Å². The van der Waals surface area contributed by atoms with Gasteiger partial charge in [0.05, 0.1) is 12.5 Å². The van der Waals surface area contributed by atoms with Crippen molar-refractivity contribution in [3.05, 3.63) is 17.3 Å². The summed E-state index contributed by atoms with van der Waals surface area (Å²) in [6.45, 7) is 6.13. The molecule has 0 spiro atoms. The second kappa shape index (κ2) is 8.00. The minimum Gasteiger partial charge on any atom is -0.445 e. The second-order valence-corrected chi connectivity index (χ2v) is 7.97. The third kappa shape index (κ3) is 3.88. The van der Waals surface area contributed by atoms with Gasteiger partial charge < -0.3 is 19.0 Å². The van der Waals surface area contributed by atoms with E-state index in [1.807, 2.05) is 16.7 Å². The Morgan fingerprint density at radius 2 is 1.74 bits per heavy atom. The summed E-state index contributed by atoms with van der Waals surface area (Å²) in [4.78, 5) is 33.7. The first-order valence-corrected chi connectivity index (χ1v) is 10.3. The predicted octanol–water partition coefficient (Wildman–Crippen LogP) is 2.35. The van der Waals surface area contributed by atoms with Gasteiger partial charge in [0.1, 0.15) is 5.76 Å². The van der Waals surface area contributed by atoms with Crippen LogP contribution in [0.3, 0.4) is 0 Å². The van der Waals surface area contributed by atoms with Crippen molar-refractivity contribution in [1.29, 1.82) is 0 Å². The fraction of sp³-hybridized carbons (Fsp3) is 0.750. The summed E-state index contributed by atoms with van der Waals surface area (Å²) in [5, 5.41) is 0. The van der Waals surface area contributed by atoms with Gasteiger partial charge in [-0.25, -0.2) is 4.98 Å². The fourth-order valence-corrected chi connectivity index (χ4v) is 4.37. The lowest BCUT2D eigenvalue weighted by molar-refractivity contribution is -0.136. The van der Waals surface area contributed by atoms with E-state index >= 15 is 0 Å². The quantitative estimate of drug-likeness (QED) is 0.811. The molecule has 0 N–H and O–H groups in total. The average Bonchev–Trinajstić information content (AvgIpc) is 3.38. The van der Waals surface area contributed by atoms with Crippen molar-refractivity contribution in [3.8, 4) is 0 Å². The number of ether oxygens (including phenoxy) is 1. The number of aromatic nitrogens is 1. The lowest BCUT2D eigenvalue weighted by Crippen LogP contribution is -2.41. The summed E-state index contributed by atoms with van der Waals surface area (Å²) >= 11 is 0. The standard InChI is InChI=1S/C20H29N3O4/c1-14-17(20(25)22-8-3-2-4-9-22)21-18(27-14)15-5-10-23(11-6-15)19(24)16-7-12-26-13-16/h15-16H,2-13H2,1H3/t16-/m1/s1. The zero-order valence-electron chi connectivity index (χ0n) is 16.1. The van der Waals surface area contributed by atoms with Crippen LogP contribution in [-0.2, 0) is 9.53 Å². The highest BCUT2D eigenvalue weighted by molar-refractivity contribution is 5.93. The number of rotatable bonds is 3. The molecule has 0 aromatic carbocycles. The molecule has 0 unspecified atom stereocenters. The largest absolute Gasteiger partial charge is 0.445 e. The van der Waals surface area contributed by atoms with Crippen molar-refractivity contribution in [2.45, 2.75) is 51.4 Å². The first-order chi connectivity index (χ1) is 13.1. The van der Waals surface area contributed by atoms with Gasteiger partial charge in [0.2, 0.25) is 5.91 Å². The smallest absolute Gasteiger partial charge is 0.276 e. The first kappa shape index (κ1) is 18.5. The molecule has 7 heteroatoms. The molecule has 4 heterocycles. The monoisotopic (exact) mass is 375 g/mol. The van der Waals surface area contributed by atoms with Crippen LogP contribution in [0, 0.1) is 12.8 Å². The van der Waals surface area contributed by atoms with Crippen LogP contribution in [0.15, 0.2) is 4.42 Å². The zero-order valence-corrected chi connectivity index (χ0v) is 16.1. The van der Waals surface area contributed by atoms with Crippen molar-refractivity contribution in [3.63, 3.8) is 0 Å². The number of nitrogens with zero attached hydrogens (tertiary/aromatic N) is 3. The van der Waals surface area contributed by atoms with Gasteiger partial charge in [0.25, 0.3) is 5.91 Å². The van der Waals surface area contributed by atoms with E-state index in [4.69, 9.17) is 9.15 Å². The number of oxazole rings is 1. The first-order valence-electron chi connectivity index (χ1n) is 10.3. The Labute approximate surface area is 160 Å². The van der Waals surface area contributed by atoms with Crippen molar-refractivity contribution in [1.82, 2.24) is 14.8 Å². The van der Waals surface area contributed by atoms with Crippen LogP contribution in [0.5, 0.6) is 0 Å². The molecule has 0 radical (unpaired) electrons. The Morgan fingerprint density at radius 3 is 2.41 bits per heavy atom. The van der Waals surface area contributed by atoms with Crippen LogP contribution in [-0.4, -0.2) is 66.0 Å². The second-order valence-electron chi connectivity index (χ2n) is 7.97. The van der Waals surface area contributed by atoms with Crippen LogP contribution in [0.25, 0.3) is 0 Å². The van der Waals surface area contributed by atoms with Crippen LogP contribution in [0.1, 0.15) is 66.6 Å². The van der Waals surface area contributed by atoms with Gasteiger partial charge in [0, 0.05) is 38.7 Å². The molecule has 2 amide bonds. The maximum Gasteiger partial charge on any atom is 0.276 e. The number of aryl methyl sites for hydroxylation is 1. The fourth-order valence-electron chi connectivity index (χ4n) is 4.37. The van der Waals surface area contributed by atoms with E-state index in [0.29, 0.717) is 30.6 Å². The molecule has 3 aliphatic heterocycles. The van der Waals surface area contributed by atoms with Crippen molar-refractivity contribution < 1.29 is 18.7 Å². The number of piperidine rings is 2. The van der Waals surface area contributed by atoms with Gasteiger partial charge in [-0.2, -0.15) is 0 Å². The van der Waals surface area contributed by atoms with Crippen LogP contribution < -0.4 is 0 Å². The van der Waals surface area contributed by atoms with Gasteiger partial charge in [-0.1, -0.05) is 0 Å². The Morgan fingerprint density at radius 1 is 1.00 bits per heavy atom. The summed E-state index contributed by atoms with van der Waals surface area (Å²) in [7, 11) is 0. The van der Waals surface area contributed by atoms with Crippen LogP contribution in [0.4, 0.5) is 0 Å². The van der Waals surface area contributed by atoms with Gasteiger partial charge in [0.15, 0.2) is 11.6 Å². The van der Waals surface area contributed by atoms with E-state index < -0.39 is 0 Å². The van der Waals surface area contributed by atoms with Gasteiger partial charge in [-0.15, -0.1) is 0 Å². The Balaban J connectivity index is 1.37. The number of hydrogen-bond donors (Lipinski definition) is 0. The van der Waals surface area contributed by atoms with Gasteiger partial charge in [-0.3, -0.25) is 9.59 Å². The number of carbonyl (C=O) groups excluding carboxylic acids is 2. The molecule has 3 saturated heterocycles. The van der Waals surface area contributed by atoms with E-state index in [0.717, 1.165) is 58.3 Å². The molecular formula is C20H29N3O4. The summed E-state index contributed by atoms with van der Waals surface area (Å²) in [6, 6.07) is 0. The summed E-state index contributed by atoms with van der Waals surface area (Å²) in [6.07, 6.45) is 5.81. The summed E-state index contributed by atoms with van der Waals surface area (Å²) < 4.78 is 11.2. The highest BCUT2D eigenvalue weighted by Gasteiger charge is 2.33. The lowest BCUT2D eigenvalue weighted by Gasteiger charge is -2.32. The predicted molar refractivity (Wildman–Crippen MR) is 98.5 cm³/mol. The van der Waals surface area contributed by atoms with Crippen molar-refractivity contribution in [2.24, 2.45) is 5.92 Å². The number of likely N-dealkylation sites (tertiary alicyclic amines) is 2. The molecule has 27 heavy (non-hydrogen) atoms. The Kier molecular flexibility index (Phi) is 5.48. The molecule has 7 nitrogen and oxygen atoms in total. The SMILES string of the molecule is Cc1oc(C2CCN(C(=O)[C@@H]3CCOC3)CC2)nc1C(=O)N1CCCCC1. The van der Waals surface area contributed by atoms with Crippen molar-refractivity contribution in [2.75, 3.05) is 39.4 Å². The highest BCUT2D eigenvalue weighted by atomic mass is 16.5. The molecule has 148 valence electrons.